The second kappa shape index (κ2) is 12.2. The molecule has 0 saturated heterocycles. The minimum absolute atomic E-state index is 0.0366. The van der Waals surface area contributed by atoms with Gasteiger partial charge in [-0.15, -0.1) is 0 Å². The Balaban J connectivity index is 1.92. The zero-order valence-electron chi connectivity index (χ0n) is 19.0. The van der Waals surface area contributed by atoms with Crippen LogP contribution in [-0.2, 0) is 19.7 Å². The van der Waals surface area contributed by atoms with Gasteiger partial charge in [-0.25, -0.2) is 0 Å². The number of rotatable bonds is 12. The standard InChI is InChI=1S/C28H33NO3/c1-3-31-26(32-4-2)21-14-22-29-27(30)28(23-15-8-5-9-16-23,24-17-10-6-11-18-24)25-19-12-7-13-20-25/h5-13,15-20,26H,3-4,14,21-22H2,1-2H3,(H,29,30). The number of benzene rings is 3. The van der Waals surface area contributed by atoms with Crippen LogP contribution in [0.1, 0.15) is 43.4 Å². The third-order valence-corrected chi connectivity index (χ3v) is 5.57. The molecule has 0 aliphatic carbocycles. The molecule has 0 aromatic heterocycles. The van der Waals surface area contributed by atoms with Gasteiger partial charge in [0.2, 0.25) is 5.91 Å². The van der Waals surface area contributed by atoms with Crippen molar-refractivity contribution >= 4 is 5.91 Å². The van der Waals surface area contributed by atoms with E-state index < -0.39 is 5.41 Å². The number of ether oxygens (including phenoxy) is 2. The van der Waals surface area contributed by atoms with Crippen molar-refractivity contribution in [2.24, 2.45) is 0 Å². The summed E-state index contributed by atoms with van der Waals surface area (Å²) in [7, 11) is 0. The zero-order chi connectivity index (χ0) is 22.7. The molecule has 0 radical (unpaired) electrons. The highest BCUT2D eigenvalue weighted by Gasteiger charge is 2.43. The monoisotopic (exact) mass is 431 g/mol. The van der Waals surface area contributed by atoms with E-state index in [1.165, 1.54) is 0 Å². The van der Waals surface area contributed by atoms with Crippen LogP contribution < -0.4 is 5.32 Å². The average molecular weight is 432 g/mol. The molecule has 0 saturated carbocycles. The van der Waals surface area contributed by atoms with E-state index in [4.69, 9.17) is 9.47 Å². The summed E-state index contributed by atoms with van der Waals surface area (Å²) in [6.07, 6.45) is 1.27. The molecule has 3 aromatic carbocycles. The lowest BCUT2D eigenvalue weighted by Crippen LogP contribution is -2.46. The van der Waals surface area contributed by atoms with Gasteiger partial charge in [-0.3, -0.25) is 4.79 Å². The van der Waals surface area contributed by atoms with E-state index in [9.17, 15) is 4.79 Å². The first-order chi connectivity index (χ1) is 15.7. The normalized spacial score (nSPS) is 11.5. The van der Waals surface area contributed by atoms with Crippen molar-refractivity contribution in [3.05, 3.63) is 108 Å². The number of amides is 1. The van der Waals surface area contributed by atoms with Crippen molar-refractivity contribution in [2.45, 2.75) is 38.4 Å². The molecule has 0 fully saturated rings. The first-order valence-corrected chi connectivity index (χ1v) is 11.4. The van der Waals surface area contributed by atoms with E-state index >= 15 is 0 Å². The summed E-state index contributed by atoms with van der Waals surface area (Å²) >= 11 is 0. The van der Waals surface area contributed by atoms with E-state index in [0.717, 1.165) is 29.5 Å². The first kappa shape index (κ1) is 23.7. The van der Waals surface area contributed by atoms with E-state index in [0.29, 0.717) is 19.8 Å². The number of hydrogen-bond donors (Lipinski definition) is 1. The Kier molecular flexibility index (Phi) is 9.02. The van der Waals surface area contributed by atoms with Crippen LogP contribution >= 0.6 is 0 Å². The van der Waals surface area contributed by atoms with Gasteiger partial charge in [0.25, 0.3) is 0 Å². The molecular weight excluding hydrogens is 398 g/mol. The summed E-state index contributed by atoms with van der Waals surface area (Å²) in [6.45, 7) is 5.68. The molecule has 1 amide bonds. The zero-order valence-corrected chi connectivity index (χ0v) is 19.0. The predicted molar refractivity (Wildman–Crippen MR) is 128 cm³/mol. The topological polar surface area (TPSA) is 47.6 Å². The summed E-state index contributed by atoms with van der Waals surface area (Å²) in [4.78, 5) is 14.0. The van der Waals surface area contributed by atoms with Gasteiger partial charge in [0, 0.05) is 26.2 Å². The van der Waals surface area contributed by atoms with Gasteiger partial charge in [0.15, 0.2) is 6.29 Å². The summed E-state index contributed by atoms with van der Waals surface area (Å²) in [6, 6.07) is 30.0. The predicted octanol–water partition coefficient (Wildman–Crippen LogP) is 5.32. The lowest BCUT2D eigenvalue weighted by Gasteiger charge is -2.34. The Hall–Kier alpha value is -2.95. The van der Waals surface area contributed by atoms with Crippen LogP contribution in [0, 0.1) is 0 Å². The SMILES string of the molecule is CCOC(CCCNC(=O)C(c1ccccc1)(c1ccccc1)c1ccccc1)OCC. The van der Waals surface area contributed by atoms with Crippen molar-refractivity contribution < 1.29 is 14.3 Å². The van der Waals surface area contributed by atoms with Gasteiger partial charge in [0.1, 0.15) is 5.41 Å². The minimum atomic E-state index is -0.941. The molecule has 0 aliphatic heterocycles. The molecule has 32 heavy (non-hydrogen) atoms. The molecular formula is C28H33NO3. The van der Waals surface area contributed by atoms with Crippen molar-refractivity contribution in [2.75, 3.05) is 19.8 Å². The van der Waals surface area contributed by atoms with Gasteiger partial charge in [-0.1, -0.05) is 91.0 Å². The molecule has 0 aliphatic rings. The van der Waals surface area contributed by atoms with Crippen molar-refractivity contribution in [1.29, 1.82) is 0 Å². The largest absolute Gasteiger partial charge is 0.355 e. The Morgan fingerprint density at radius 1 is 0.750 bits per heavy atom. The smallest absolute Gasteiger partial charge is 0.239 e. The molecule has 1 N–H and O–H groups in total. The maximum absolute atomic E-state index is 14.0. The highest BCUT2D eigenvalue weighted by molar-refractivity contribution is 5.96. The van der Waals surface area contributed by atoms with Crippen LogP contribution in [0.3, 0.4) is 0 Å². The first-order valence-electron chi connectivity index (χ1n) is 11.4. The van der Waals surface area contributed by atoms with Crippen LogP contribution in [-0.4, -0.2) is 32.0 Å². The molecule has 3 aromatic rings. The fraction of sp³-hybridized carbons (Fsp3) is 0.321. The number of carbonyl (C=O) groups excluding carboxylic acids is 1. The van der Waals surface area contributed by atoms with Crippen LogP contribution in [0.25, 0.3) is 0 Å². The molecule has 0 atom stereocenters. The van der Waals surface area contributed by atoms with Gasteiger partial charge >= 0.3 is 0 Å². The summed E-state index contributed by atoms with van der Waals surface area (Å²) < 4.78 is 11.3. The highest BCUT2D eigenvalue weighted by atomic mass is 16.7. The second-order valence-corrected chi connectivity index (χ2v) is 7.59. The fourth-order valence-electron chi connectivity index (χ4n) is 4.15. The molecule has 0 spiro atoms. The Labute approximate surface area is 191 Å². The number of hydrogen-bond acceptors (Lipinski definition) is 3. The van der Waals surface area contributed by atoms with E-state index in [2.05, 4.69) is 5.32 Å². The highest BCUT2D eigenvalue weighted by Crippen LogP contribution is 2.39. The Morgan fingerprint density at radius 2 is 1.16 bits per heavy atom. The van der Waals surface area contributed by atoms with Crippen LogP contribution in [0.2, 0.25) is 0 Å². The second-order valence-electron chi connectivity index (χ2n) is 7.59. The lowest BCUT2D eigenvalue weighted by molar-refractivity contribution is -0.140. The van der Waals surface area contributed by atoms with E-state index in [-0.39, 0.29) is 12.2 Å². The van der Waals surface area contributed by atoms with Gasteiger partial charge in [-0.05, 0) is 37.0 Å². The molecule has 4 heteroatoms. The van der Waals surface area contributed by atoms with Gasteiger partial charge in [-0.2, -0.15) is 0 Å². The average Bonchev–Trinajstić information content (AvgIpc) is 2.85. The van der Waals surface area contributed by atoms with Crippen molar-refractivity contribution in [1.82, 2.24) is 5.32 Å². The molecule has 0 bridgehead atoms. The third kappa shape index (κ3) is 5.45. The van der Waals surface area contributed by atoms with E-state index in [1.807, 2.05) is 105 Å². The fourth-order valence-corrected chi connectivity index (χ4v) is 4.15. The quantitative estimate of drug-likeness (QED) is 0.240. The molecule has 0 heterocycles. The van der Waals surface area contributed by atoms with Gasteiger partial charge < -0.3 is 14.8 Å². The lowest BCUT2D eigenvalue weighted by atomic mass is 9.68. The number of nitrogens with one attached hydrogen (secondary N) is 1. The summed E-state index contributed by atoms with van der Waals surface area (Å²) in [5, 5.41) is 3.21. The Morgan fingerprint density at radius 3 is 1.53 bits per heavy atom. The molecule has 168 valence electrons. The maximum atomic E-state index is 14.0. The van der Waals surface area contributed by atoms with E-state index in [1.54, 1.807) is 0 Å². The molecule has 0 unspecified atom stereocenters. The van der Waals surface area contributed by atoms with Crippen LogP contribution in [0.4, 0.5) is 0 Å². The van der Waals surface area contributed by atoms with Gasteiger partial charge in [0.05, 0.1) is 0 Å². The maximum Gasteiger partial charge on any atom is 0.239 e. The summed E-state index contributed by atoms with van der Waals surface area (Å²) in [5.74, 6) is -0.0366. The van der Waals surface area contributed by atoms with Crippen LogP contribution in [0.5, 0.6) is 0 Å². The van der Waals surface area contributed by atoms with Crippen molar-refractivity contribution in [3.63, 3.8) is 0 Å². The molecule has 4 nitrogen and oxygen atoms in total. The third-order valence-electron chi connectivity index (χ3n) is 5.57. The van der Waals surface area contributed by atoms with Crippen LogP contribution in [0.15, 0.2) is 91.0 Å². The van der Waals surface area contributed by atoms with Crippen molar-refractivity contribution in [3.8, 4) is 0 Å². The number of carbonyl (C=O) groups is 1. The minimum Gasteiger partial charge on any atom is -0.355 e. The molecule has 3 rings (SSSR count). The Bertz CT molecular complexity index is 826. The summed E-state index contributed by atoms with van der Waals surface area (Å²) in [5.41, 5.74) is 1.88.